The number of rotatable bonds is 3. The molecule has 22 heavy (non-hydrogen) atoms. The number of aromatic nitrogens is 5. The molecule has 0 saturated carbocycles. The number of hydrogen-bond acceptors (Lipinski definition) is 4. The van der Waals surface area contributed by atoms with Crippen molar-refractivity contribution in [1.29, 1.82) is 0 Å². The summed E-state index contributed by atoms with van der Waals surface area (Å²) < 4.78 is 3.98. The van der Waals surface area contributed by atoms with Crippen LogP contribution in [0.15, 0.2) is 35.4 Å². The predicted molar refractivity (Wildman–Crippen MR) is 88.2 cm³/mol. The summed E-state index contributed by atoms with van der Waals surface area (Å²) in [5.74, 6) is 0.715. The van der Waals surface area contributed by atoms with E-state index >= 15 is 0 Å². The Hall–Kier alpha value is -2.54. The Morgan fingerprint density at radius 2 is 1.91 bits per heavy atom. The number of nitrogens with zero attached hydrogens (tertiary/aromatic N) is 5. The number of para-hydroxylation sites is 1. The summed E-state index contributed by atoms with van der Waals surface area (Å²) in [5, 5.41) is 15.7. The maximum absolute atomic E-state index is 5.15. The van der Waals surface area contributed by atoms with E-state index in [1.54, 1.807) is 10.9 Å². The Kier molecular flexibility index (Phi) is 3.72. The van der Waals surface area contributed by atoms with E-state index in [1.807, 2.05) is 55.8 Å². The predicted octanol–water partition coefficient (Wildman–Crippen LogP) is 2.93. The second-order valence-corrected chi connectivity index (χ2v) is 5.35. The highest BCUT2D eigenvalue weighted by atomic mass is 32.1. The van der Waals surface area contributed by atoms with E-state index in [2.05, 4.69) is 20.4 Å². The van der Waals surface area contributed by atoms with Gasteiger partial charge in [-0.2, -0.15) is 20.0 Å². The first kappa shape index (κ1) is 14.4. The molecule has 0 spiro atoms. The van der Waals surface area contributed by atoms with Gasteiger partial charge < -0.3 is 0 Å². The van der Waals surface area contributed by atoms with Gasteiger partial charge >= 0.3 is 0 Å². The van der Waals surface area contributed by atoms with Gasteiger partial charge in [0.2, 0.25) is 4.77 Å². The molecule has 2 heterocycles. The van der Waals surface area contributed by atoms with Crippen LogP contribution in [-0.4, -0.2) is 30.9 Å². The number of H-pyrrole nitrogens is 1. The monoisotopic (exact) mass is 312 g/mol. The molecule has 0 radical (unpaired) electrons. The Labute approximate surface area is 133 Å². The lowest BCUT2D eigenvalue weighted by Crippen LogP contribution is -1.99. The standard InChI is InChI=1S/C15H16N6S/c1-10-14(9-16-21-12(3)17-18-15(21)22)11(2)20(19-10)13-7-5-4-6-8-13/h4-9H,1-3H3,(H,18,22)/b16-9-. The second kappa shape index (κ2) is 5.69. The minimum absolute atomic E-state index is 0.472. The molecule has 0 amide bonds. The van der Waals surface area contributed by atoms with Gasteiger partial charge in [-0.15, -0.1) is 0 Å². The zero-order valence-electron chi connectivity index (χ0n) is 12.6. The van der Waals surface area contributed by atoms with Gasteiger partial charge in [-0.1, -0.05) is 18.2 Å². The lowest BCUT2D eigenvalue weighted by Gasteiger charge is -2.03. The molecule has 1 aromatic carbocycles. The first-order valence-electron chi connectivity index (χ1n) is 6.88. The van der Waals surface area contributed by atoms with Crippen LogP contribution in [0, 0.1) is 25.5 Å². The number of aromatic amines is 1. The van der Waals surface area contributed by atoms with Gasteiger partial charge in [0.15, 0.2) is 0 Å². The van der Waals surface area contributed by atoms with E-state index in [9.17, 15) is 0 Å². The molecular weight excluding hydrogens is 296 g/mol. The molecule has 6 nitrogen and oxygen atoms in total. The SMILES string of the molecule is Cc1nn(-c2ccccc2)c(C)c1/C=N\n1c(C)n[nH]c1=S. The molecule has 0 aliphatic rings. The van der Waals surface area contributed by atoms with Gasteiger partial charge in [-0.3, -0.25) is 5.10 Å². The topological polar surface area (TPSA) is 63.8 Å². The van der Waals surface area contributed by atoms with Crippen LogP contribution in [0.3, 0.4) is 0 Å². The highest BCUT2D eigenvalue weighted by Gasteiger charge is 2.11. The van der Waals surface area contributed by atoms with Crippen molar-refractivity contribution in [3.8, 4) is 5.69 Å². The van der Waals surface area contributed by atoms with E-state index in [1.165, 1.54) is 0 Å². The Balaban J connectivity index is 2.03. The highest BCUT2D eigenvalue weighted by molar-refractivity contribution is 7.71. The third-order valence-corrected chi connectivity index (χ3v) is 3.73. The van der Waals surface area contributed by atoms with Crippen LogP contribution in [-0.2, 0) is 0 Å². The van der Waals surface area contributed by atoms with E-state index in [-0.39, 0.29) is 0 Å². The first-order valence-corrected chi connectivity index (χ1v) is 7.29. The van der Waals surface area contributed by atoms with E-state index in [0.29, 0.717) is 10.6 Å². The smallest absolute Gasteiger partial charge is 0.216 e. The summed E-state index contributed by atoms with van der Waals surface area (Å²) in [7, 11) is 0. The van der Waals surface area contributed by atoms with Crippen molar-refractivity contribution in [3.63, 3.8) is 0 Å². The van der Waals surface area contributed by atoms with Gasteiger partial charge in [-0.25, -0.2) is 4.68 Å². The fourth-order valence-electron chi connectivity index (χ4n) is 2.28. The Morgan fingerprint density at radius 3 is 2.55 bits per heavy atom. The molecule has 0 aliphatic heterocycles. The van der Waals surface area contributed by atoms with E-state index in [4.69, 9.17) is 12.2 Å². The molecule has 1 N–H and O–H groups in total. The number of hydrogen-bond donors (Lipinski definition) is 1. The highest BCUT2D eigenvalue weighted by Crippen LogP contribution is 2.16. The average molecular weight is 312 g/mol. The summed E-state index contributed by atoms with van der Waals surface area (Å²) in [4.78, 5) is 0. The van der Waals surface area contributed by atoms with Crippen molar-refractivity contribution >= 4 is 18.4 Å². The van der Waals surface area contributed by atoms with Crippen LogP contribution in [0.4, 0.5) is 0 Å². The van der Waals surface area contributed by atoms with Crippen molar-refractivity contribution in [2.24, 2.45) is 5.10 Å². The van der Waals surface area contributed by atoms with Crippen LogP contribution in [0.25, 0.3) is 5.69 Å². The van der Waals surface area contributed by atoms with Crippen LogP contribution in [0.5, 0.6) is 0 Å². The van der Waals surface area contributed by atoms with Crippen LogP contribution < -0.4 is 0 Å². The molecule has 7 heteroatoms. The second-order valence-electron chi connectivity index (χ2n) is 4.96. The maximum atomic E-state index is 5.15. The zero-order chi connectivity index (χ0) is 15.7. The minimum atomic E-state index is 0.472. The average Bonchev–Trinajstić information content (AvgIpc) is 2.99. The van der Waals surface area contributed by atoms with Gasteiger partial charge in [0.05, 0.1) is 23.3 Å². The zero-order valence-corrected chi connectivity index (χ0v) is 13.4. The van der Waals surface area contributed by atoms with E-state index < -0.39 is 0 Å². The molecule has 3 aromatic rings. The summed E-state index contributed by atoms with van der Waals surface area (Å²) in [5.41, 5.74) is 3.95. The lowest BCUT2D eigenvalue weighted by molar-refractivity contribution is 0.820. The Bertz CT molecular complexity index is 885. The van der Waals surface area contributed by atoms with Gasteiger partial charge in [0, 0.05) is 5.56 Å². The fraction of sp³-hybridized carbons (Fsp3) is 0.200. The van der Waals surface area contributed by atoms with Crippen molar-refractivity contribution < 1.29 is 0 Å². The summed E-state index contributed by atoms with van der Waals surface area (Å²) in [6.45, 7) is 5.84. The summed E-state index contributed by atoms with van der Waals surface area (Å²) >= 11 is 5.15. The maximum Gasteiger partial charge on any atom is 0.216 e. The van der Waals surface area contributed by atoms with Crippen molar-refractivity contribution in [1.82, 2.24) is 24.7 Å². The van der Waals surface area contributed by atoms with E-state index in [0.717, 1.165) is 22.6 Å². The molecule has 112 valence electrons. The normalized spacial score (nSPS) is 11.4. The molecule has 0 saturated heterocycles. The summed E-state index contributed by atoms with van der Waals surface area (Å²) in [6, 6.07) is 10.0. The minimum Gasteiger partial charge on any atom is -0.250 e. The van der Waals surface area contributed by atoms with Crippen molar-refractivity contribution in [2.75, 3.05) is 0 Å². The molecule has 0 aliphatic carbocycles. The molecule has 0 atom stereocenters. The molecule has 0 unspecified atom stereocenters. The third-order valence-electron chi connectivity index (χ3n) is 3.46. The molecule has 2 aromatic heterocycles. The Morgan fingerprint density at radius 1 is 1.18 bits per heavy atom. The van der Waals surface area contributed by atoms with Crippen molar-refractivity contribution in [3.05, 3.63) is 57.9 Å². The molecule has 0 bridgehead atoms. The van der Waals surface area contributed by atoms with Gasteiger partial charge in [0.1, 0.15) is 5.82 Å². The van der Waals surface area contributed by atoms with Crippen LogP contribution in [0.2, 0.25) is 0 Å². The van der Waals surface area contributed by atoms with Gasteiger partial charge in [0.25, 0.3) is 0 Å². The van der Waals surface area contributed by atoms with Crippen LogP contribution in [0.1, 0.15) is 22.8 Å². The fourth-order valence-corrected chi connectivity index (χ4v) is 2.51. The van der Waals surface area contributed by atoms with Crippen LogP contribution >= 0.6 is 12.2 Å². The molecule has 3 rings (SSSR count). The van der Waals surface area contributed by atoms with Crippen molar-refractivity contribution in [2.45, 2.75) is 20.8 Å². The number of aryl methyl sites for hydroxylation is 2. The third kappa shape index (κ3) is 2.50. The summed E-state index contributed by atoms with van der Waals surface area (Å²) in [6.07, 6.45) is 1.77. The molecular formula is C15H16N6S. The lowest BCUT2D eigenvalue weighted by atomic mass is 10.2. The molecule has 0 fully saturated rings. The quantitative estimate of drug-likeness (QED) is 0.597. The first-order chi connectivity index (χ1) is 10.6. The number of benzene rings is 1. The number of nitrogens with one attached hydrogen (secondary N) is 1. The largest absolute Gasteiger partial charge is 0.250 e. The van der Waals surface area contributed by atoms with Gasteiger partial charge in [-0.05, 0) is 45.1 Å².